The average molecular weight is 465 g/mol. The number of nitrogens with zero attached hydrogens (tertiary/aromatic N) is 2. The van der Waals surface area contributed by atoms with E-state index in [9.17, 15) is 4.79 Å². The van der Waals surface area contributed by atoms with Gasteiger partial charge in [0.05, 0.1) is 20.4 Å². The second-order valence-corrected chi connectivity index (χ2v) is 6.64. The van der Waals surface area contributed by atoms with Gasteiger partial charge in [0.25, 0.3) is 6.33 Å². The minimum atomic E-state index is 0. The minimum absolute atomic E-state index is 0. The van der Waals surface area contributed by atoms with E-state index in [0.717, 1.165) is 27.6 Å². The number of hydrogen-bond acceptors (Lipinski definition) is 4. The summed E-state index contributed by atoms with van der Waals surface area (Å²) in [5.74, 6) is 1.37. The zero-order chi connectivity index (χ0) is 20.2. The van der Waals surface area contributed by atoms with Crippen molar-refractivity contribution >= 4 is 16.6 Å². The second kappa shape index (κ2) is 9.50. The van der Waals surface area contributed by atoms with Gasteiger partial charge in [0.15, 0.2) is 23.7 Å². The molecule has 30 heavy (non-hydrogen) atoms. The molecule has 0 aliphatic carbocycles. The molecule has 0 aliphatic heterocycles. The van der Waals surface area contributed by atoms with Gasteiger partial charge < -0.3 is 26.5 Å². The predicted octanol–water partition coefficient (Wildman–Crippen LogP) is 1.09. The SMILES string of the molecule is COc1ccc(-c2cc[n+](CC(=O)c3cccc4ccccc34)cn2)cc1OC.[Br-]. The fraction of sp³-hybridized carbons (Fsp3) is 0.125. The molecule has 6 heteroatoms. The van der Waals surface area contributed by atoms with Gasteiger partial charge in [-0.25, -0.2) is 4.57 Å². The Hall–Kier alpha value is -3.25. The highest BCUT2D eigenvalue weighted by atomic mass is 79.9. The fourth-order valence-corrected chi connectivity index (χ4v) is 3.36. The molecule has 152 valence electrons. The van der Waals surface area contributed by atoms with Crippen LogP contribution in [-0.4, -0.2) is 25.0 Å². The summed E-state index contributed by atoms with van der Waals surface area (Å²) in [6, 6.07) is 21.3. The normalized spacial score (nSPS) is 10.3. The Balaban J connectivity index is 0.00000256. The molecule has 0 unspecified atom stereocenters. The lowest BCUT2D eigenvalue weighted by Gasteiger charge is -2.08. The van der Waals surface area contributed by atoms with Crippen molar-refractivity contribution in [2.45, 2.75) is 6.54 Å². The second-order valence-electron chi connectivity index (χ2n) is 6.64. The number of rotatable bonds is 6. The highest BCUT2D eigenvalue weighted by molar-refractivity contribution is 6.07. The predicted molar refractivity (Wildman–Crippen MR) is 111 cm³/mol. The first-order valence-corrected chi connectivity index (χ1v) is 9.28. The van der Waals surface area contributed by atoms with Crippen LogP contribution in [0.1, 0.15) is 10.4 Å². The van der Waals surface area contributed by atoms with E-state index in [1.165, 1.54) is 0 Å². The third-order valence-electron chi connectivity index (χ3n) is 4.86. The van der Waals surface area contributed by atoms with E-state index in [0.29, 0.717) is 11.5 Å². The molecule has 4 rings (SSSR count). The van der Waals surface area contributed by atoms with Crippen molar-refractivity contribution in [3.8, 4) is 22.8 Å². The summed E-state index contributed by atoms with van der Waals surface area (Å²) in [6.07, 6.45) is 3.54. The third kappa shape index (κ3) is 4.33. The number of methoxy groups -OCH3 is 2. The van der Waals surface area contributed by atoms with Crippen molar-refractivity contribution in [1.29, 1.82) is 0 Å². The van der Waals surface area contributed by atoms with Gasteiger partial charge in [-0.05, 0) is 34.0 Å². The standard InChI is InChI=1S/C24H21N2O3.BrH/c1-28-23-11-10-18(14-24(23)29-2)21-12-13-26(16-25-21)15-22(27)20-9-5-7-17-6-3-4-8-19(17)20;/h3-14,16H,15H2,1-2H3;1H/q+1;/p-1. The molecule has 0 saturated carbocycles. The molecule has 0 radical (unpaired) electrons. The molecule has 0 atom stereocenters. The van der Waals surface area contributed by atoms with Crippen molar-refractivity contribution in [2.24, 2.45) is 0 Å². The summed E-state index contributed by atoms with van der Waals surface area (Å²) >= 11 is 0. The quantitative estimate of drug-likeness (QED) is 0.316. The highest BCUT2D eigenvalue weighted by Crippen LogP contribution is 2.31. The number of fused-ring (bicyclic) bond motifs is 1. The first kappa shape index (κ1) is 21.5. The first-order valence-electron chi connectivity index (χ1n) is 9.28. The van der Waals surface area contributed by atoms with Crippen molar-refractivity contribution in [2.75, 3.05) is 14.2 Å². The molecule has 0 fully saturated rings. The molecule has 0 N–H and O–H groups in total. The summed E-state index contributed by atoms with van der Waals surface area (Å²) in [5, 5.41) is 2.03. The van der Waals surface area contributed by atoms with Crippen molar-refractivity contribution in [1.82, 2.24) is 4.98 Å². The molecule has 0 saturated heterocycles. The van der Waals surface area contributed by atoms with Crippen LogP contribution in [0.15, 0.2) is 79.3 Å². The number of Topliss-reactive ketones (excluding diaryl/α,β-unsaturated/α-hetero) is 1. The van der Waals surface area contributed by atoms with E-state index < -0.39 is 0 Å². The Kier molecular flexibility index (Phi) is 6.79. The van der Waals surface area contributed by atoms with Crippen LogP contribution in [0.5, 0.6) is 11.5 Å². The van der Waals surface area contributed by atoms with Crippen LogP contribution in [0.4, 0.5) is 0 Å². The minimum Gasteiger partial charge on any atom is -1.00 e. The summed E-state index contributed by atoms with van der Waals surface area (Å²) in [7, 11) is 3.21. The molecular weight excluding hydrogens is 444 g/mol. The molecule has 4 aromatic rings. The van der Waals surface area contributed by atoms with Crippen LogP contribution in [0.2, 0.25) is 0 Å². The summed E-state index contributed by atoms with van der Waals surface area (Å²) in [6.45, 7) is 0.229. The first-order chi connectivity index (χ1) is 14.2. The molecule has 0 aliphatic rings. The molecule has 0 bridgehead atoms. The average Bonchev–Trinajstić information content (AvgIpc) is 2.78. The number of ether oxygens (including phenoxy) is 2. The summed E-state index contributed by atoms with van der Waals surface area (Å²) in [5.41, 5.74) is 2.43. The lowest BCUT2D eigenvalue weighted by Crippen LogP contribution is -3.00. The molecule has 0 spiro atoms. The molecule has 1 heterocycles. The number of aromatic nitrogens is 2. The van der Waals surface area contributed by atoms with Crippen molar-refractivity contribution < 1.29 is 35.8 Å². The van der Waals surface area contributed by atoms with Gasteiger partial charge >= 0.3 is 0 Å². The summed E-state index contributed by atoms with van der Waals surface area (Å²) < 4.78 is 12.4. The van der Waals surface area contributed by atoms with Crippen LogP contribution in [0, 0.1) is 0 Å². The van der Waals surface area contributed by atoms with Gasteiger partial charge in [0.1, 0.15) is 0 Å². The maximum atomic E-state index is 12.9. The van der Waals surface area contributed by atoms with Gasteiger partial charge in [-0.1, -0.05) is 42.5 Å². The van der Waals surface area contributed by atoms with Gasteiger partial charge in [-0.3, -0.25) is 4.79 Å². The topological polar surface area (TPSA) is 52.3 Å². The maximum absolute atomic E-state index is 12.9. The largest absolute Gasteiger partial charge is 1.00 e. The van der Waals surface area contributed by atoms with Crippen molar-refractivity contribution in [3.63, 3.8) is 0 Å². The van der Waals surface area contributed by atoms with E-state index >= 15 is 0 Å². The number of carbonyl (C=O) groups excluding carboxylic acids is 1. The van der Waals surface area contributed by atoms with E-state index in [4.69, 9.17) is 9.47 Å². The van der Waals surface area contributed by atoms with Crippen LogP contribution in [0.3, 0.4) is 0 Å². The summed E-state index contributed by atoms with van der Waals surface area (Å²) in [4.78, 5) is 17.4. The highest BCUT2D eigenvalue weighted by Gasteiger charge is 2.15. The molecule has 0 amide bonds. The molecule has 3 aromatic carbocycles. The molecule has 1 aromatic heterocycles. The lowest BCUT2D eigenvalue weighted by molar-refractivity contribution is -0.686. The number of halogens is 1. The lowest BCUT2D eigenvalue weighted by atomic mass is 10.0. The van der Waals surface area contributed by atoms with Crippen LogP contribution < -0.4 is 31.0 Å². The Morgan fingerprint density at radius 3 is 2.43 bits per heavy atom. The van der Waals surface area contributed by atoms with Crippen LogP contribution in [0.25, 0.3) is 22.0 Å². The Labute approximate surface area is 185 Å². The monoisotopic (exact) mass is 464 g/mol. The number of carbonyl (C=O) groups is 1. The Bertz CT molecular complexity index is 1170. The Morgan fingerprint density at radius 2 is 1.70 bits per heavy atom. The van der Waals surface area contributed by atoms with Gasteiger partial charge in [-0.15, -0.1) is 0 Å². The van der Waals surface area contributed by atoms with E-state index in [1.807, 2.05) is 72.9 Å². The number of hydrogen-bond donors (Lipinski definition) is 0. The maximum Gasteiger partial charge on any atom is 0.287 e. The Morgan fingerprint density at radius 1 is 0.933 bits per heavy atom. The number of benzene rings is 3. The molecular formula is C24H21BrN2O3. The smallest absolute Gasteiger partial charge is 0.287 e. The zero-order valence-electron chi connectivity index (χ0n) is 16.7. The zero-order valence-corrected chi connectivity index (χ0v) is 18.3. The van der Waals surface area contributed by atoms with Gasteiger partial charge in [0.2, 0.25) is 5.78 Å². The van der Waals surface area contributed by atoms with Gasteiger partial charge in [0, 0.05) is 17.2 Å². The van der Waals surface area contributed by atoms with E-state index in [2.05, 4.69) is 4.98 Å². The van der Waals surface area contributed by atoms with Crippen LogP contribution in [-0.2, 0) is 6.54 Å². The van der Waals surface area contributed by atoms with Gasteiger partial charge in [-0.2, -0.15) is 0 Å². The van der Waals surface area contributed by atoms with E-state index in [-0.39, 0.29) is 29.3 Å². The fourth-order valence-electron chi connectivity index (χ4n) is 3.36. The van der Waals surface area contributed by atoms with Crippen LogP contribution >= 0.6 is 0 Å². The van der Waals surface area contributed by atoms with Crippen molar-refractivity contribution in [3.05, 3.63) is 84.8 Å². The number of ketones is 1. The van der Waals surface area contributed by atoms with E-state index in [1.54, 1.807) is 25.1 Å². The third-order valence-corrected chi connectivity index (χ3v) is 4.86. The molecule has 5 nitrogen and oxygen atoms in total.